The van der Waals surface area contributed by atoms with Crippen LogP contribution in [0.4, 0.5) is 0 Å². The van der Waals surface area contributed by atoms with Gasteiger partial charge in [-0.15, -0.1) is 0 Å². The Morgan fingerprint density at radius 1 is 1.33 bits per heavy atom. The van der Waals surface area contributed by atoms with E-state index in [1.807, 2.05) is 0 Å². The minimum Gasteiger partial charge on any atom is -0.313 e. The zero-order valence-corrected chi connectivity index (χ0v) is 7.97. The Morgan fingerprint density at radius 3 is 2.75 bits per heavy atom. The summed E-state index contributed by atoms with van der Waals surface area (Å²) in [6.07, 6.45) is 5.56. The summed E-state index contributed by atoms with van der Waals surface area (Å²) < 4.78 is 0. The molecule has 0 spiro atoms. The van der Waals surface area contributed by atoms with Crippen molar-refractivity contribution in [2.75, 3.05) is 13.1 Å². The largest absolute Gasteiger partial charge is 0.313 e. The molecule has 2 rings (SSSR count). The van der Waals surface area contributed by atoms with Crippen LogP contribution in [0.1, 0.15) is 32.6 Å². The molecule has 0 amide bonds. The highest BCUT2D eigenvalue weighted by molar-refractivity contribution is 4.86. The average molecular weight is 168 g/mol. The molecule has 2 heteroatoms. The van der Waals surface area contributed by atoms with E-state index in [2.05, 4.69) is 17.6 Å². The lowest BCUT2D eigenvalue weighted by Gasteiger charge is -2.35. The van der Waals surface area contributed by atoms with Crippen LogP contribution in [-0.2, 0) is 0 Å². The van der Waals surface area contributed by atoms with E-state index in [0.29, 0.717) is 0 Å². The van der Waals surface area contributed by atoms with Gasteiger partial charge in [-0.3, -0.25) is 0 Å². The quantitative estimate of drug-likeness (QED) is 0.660. The Kier molecular flexibility index (Phi) is 2.66. The standard InChI is InChI=1S/C10H20N2/c1-8-4-5-10(8)12-7-9-3-2-6-11-9/h8-12H,2-7H2,1H3. The second-order valence-corrected chi connectivity index (χ2v) is 4.36. The minimum absolute atomic E-state index is 0.762. The molecule has 3 unspecified atom stereocenters. The van der Waals surface area contributed by atoms with Crippen molar-refractivity contribution >= 4 is 0 Å². The van der Waals surface area contributed by atoms with Gasteiger partial charge in [0, 0.05) is 18.6 Å². The second-order valence-electron chi connectivity index (χ2n) is 4.36. The Labute approximate surface area is 75.1 Å². The summed E-state index contributed by atoms with van der Waals surface area (Å²) in [6, 6.07) is 1.59. The molecule has 0 aromatic rings. The maximum atomic E-state index is 3.65. The summed E-state index contributed by atoms with van der Waals surface area (Å²) in [5.41, 5.74) is 0. The van der Waals surface area contributed by atoms with Gasteiger partial charge in [-0.05, 0) is 38.1 Å². The zero-order valence-electron chi connectivity index (χ0n) is 7.97. The van der Waals surface area contributed by atoms with E-state index in [1.165, 1.54) is 38.8 Å². The average Bonchev–Trinajstić information content (AvgIpc) is 2.54. The van der Waals surface area contributed by atoms with Gasteiger partial charge in [0.15, 0.2) is 0 Å². The lowest BCUT2D eigenvalue weighted by atomic mass is 9.81. The summed E-state index contributed by atoms with van der Waals surface area (Å²) in [5, 5.41) is 7.16. The fourth-order valence-corrected chi connectivity index (χ4v) is 2.19. The molecule has 0 aromatic heterocycles. The van der Waals surface area contributed by atoms with Gasteiger partial charge in [0.1, 0.15) is 0 Å². The zero-order chi connectivity index (χ0) is 8.39. The molecule has 0 radical (unpaired) electrons. The third kappa shape index (κ3) is 1.80. The van der Waals surface area contributed by atoms with Crippen molar-refractivity contribution < 1.29 is 0 Å². The molecule has 2 fully saturated rings. The summed E-state index contributed by atoms with van der Waals surface area (Å²) in [7, 11) is 0. The molecule has 2 N–H and O–H groups in total. The molecule has 2 aliphatic rings. The van der Waals surface area contributed by atoms with Crippen LogP contribution >= 0.6 is 0 Å². The van der Waals surface area contributed by atoms with E-state index in [0.717, 1.165) is 18.0 Å². The molecular formula is C10H20N2. The van der Waals surface area contributed by atoms with E-state index < -0.39 is 0 Å². The number of hydrogen-bond donors (Lipinski definition) is 2. The van der Waals surface area contributed by atoms with Gasteiger partial charge < -0.3 is 10.6 Å². The fourth-order valence-electron chi connectivity index (χ4n) is 2.19. The fraction of sp³-hybridized carbons (Fsp3) is 1.00. The third-order valence-electron chi connectivity index (χ3n) is 3.41. The number of nitrogens with one attached hydrogen (secondary N) is 2. The lowest BCUT2D eigenvalue weighted by Crippen LogP contribution is -2.47. The molecule has 1 aliphatic heterocycles. The summed E-state index contributed by atoms with van der Waals surface area (Å²) in [5.74, 6) is 0.923. The van der Waals surface area contributed by atoms with Gasteiger partial charge in [0.2, 0.25) is 0 Å². The Bertz CT molecular complexity index is 139. The third-order valence-corrected chi connectivity index (χ3v) is 3.41. The van der Waals surface area contributed by atoms with Crippen LogP contribution in [0.15, 0.2) is 0 Å². The summed E-state index contributed by atoms with van der Waals surface area (Å²) in [4.78, 5) is 0. The first kappa shape index (κ1) is 8.52. The summed E-state index contributed by atoms with van der Waals surface area (Å²) in [6.45, 7) is 4.77. The van der Waals surface area contributed by atoms with Crippen LogP contribution in [0, 0.1) is 5.92 Å². The molecule has 1 saturated heterocycles. The molecule has 1 aliphatic carbocycles. The lowest BCUT2D eigenvalue weighted by molar-refractivity contribution is 0.225. The highest BCUT2D eigenvalue weighted by atomic mass is 15.0. The first-order valence-electron chi connectivity index (χ1n) is 5.33. The monoisotopic (exact) mass is 168 g/mol. The first-order chi connectivity index (χ1) is 5.86. The van der Waals surface area contributed by atoms with Crippen LogP contribution in [0.25, 0.3) is 0 Å². The van der Waals surface area contributed by atoms with Gasteiger partial charge in [0.05, 0.1) is 0 Å². The minimum atomic E-state index is 0.762. The van der Waals surface area contributed by atoms with Gasteiger partial charge >= 0.3 is 0 Å². The van der Waals surface area contributed by atoms with Crippen LogP contribution in [0.5, 0.6) is 0 Å². The normalized spacial score (nSPS) is 41.2. The van der Waals surface area contributed by atoms with E-state index in [9.17, 15) is 0 Å². The van der Waals surface area contributed by atoms with E-state index in [-0.39, 0.29) is 0 Å². The smallest absolute Gasteiger partial charge is 0.0193 e. The maximum absolute atomic E-state index is 3.65. The van der Waals surface area contributed by atoms with Gasteiger partial charge in [-0.2, -0.15) is 0 Å². The molecule has 70 valence electrons. The highest BCUT2D eigenvalue weighted by Crippen LogP contribution is 2.26. The van der Waals surface area contributed by atoms with Gasteiger partial charge in [-0.25, -0.2) is 0 Å². The van der Waals surface area contributed by atoms with Crippen molar-refractivity contribution in [2.24, 2.45) is 5.92 Å². The van der Waals surface area contributed by atoms with Crippen molar-refractivity contribution in [1.29, 1.82) is 0 Å². The highest BCUT2D eigenvalue weighted by Gasteiger charge is 2.26. The molecule has 3 atom stereocenters. The predicted molar refractivity (Wildman–Crippen MR) is 51.2 cm³/mol. The van der Waals surface area contributed by atoms with Gasteiger partial charge in [0.25, 0.3) is 0 Å². The van der Waals surface area contributed by atoms with Gasteiger partial charge in [-0.1, -0.05) is 6.92 Å². The van der Waals surface area contributed by atoms with E-state index in [4.69, 9.17) is 0 Å². The molecule has 1 heterocycles. The van der Waals surface area contributed by atoms with Crippen LogP contribution in [-0.4, -0.2) is 25.2 Å². The predicted octanol–water partition coefficient (Wildman–Crippen LogP) is 1.13. The van der Waals surface area contributed by atoms with Crippen LogP contribution in [0.2, 0.25) is 0 Å². The second kappa shape index (κ2) is 3.75. The Hall–Kier alpha value is -0.0800. The van der Waals surface area contributed by atoms with Crippen molar-refractivity contribution in [3.63, 3.8) is 0 Å². The summed E-state index contributed by atoms with van der Waals surface area (Å²) >= 11 is 0. The van der Waals surface area contributed by atoms with Crippen LogP contribution in [0.3, 0.4) is 0 Å². The molecule has 2 nitrogen and oxygen atoms in total. The number of hydrogen-bond acceptors (Lipinski definition) is 2. The molecule has 1 saturated carbocycles. The molecule has 12 heavy (non-hydrogen) atoms. The van der Waals surface area contributed by atoms with E-state index in [1.54, 1.807) is 0 Å². The van der Waals surface area contributed by atoms with Crippen LogP contribution < -0.4 is 10.6 Å². The Balaban J connectivity index is 1.61. The van der Waals surface area contributed by atoms with Crippen molar-refractivity contribution in [3.8, 4) is 0 Å². The number of rotatable bonds is 3. The Morgan fingerprint density at radius 2 is 2.25 bits per heavy atom. The molecule has 0 aromatic carbocycles. The van der Waals surface area contributed by atoms with Crippen molar-refractivity contribution in [3.05, 3.63) is 0 Å². The molecular weight excluding hydrogens is 148 g/mol. The van der Waals surface area contributed by atoms with E-state index >= 15 is 0 Å². The first-order valence-corrected chi connectivity index (χ1v) is 5.33. The molecule has 0 bridgehead atoms. The van der Waals surface area contributed by atoms with Crippen molar-refractivity contribution in [2.45, 2.75) is 44.7 Å². The SMILES string of the molecule is CC1CCC1NCC1CCCN1. The maximum Gasteiger partial charge on any atom is 0.0193 e. The van der Waals surface area contributed by atoms with Crippen molar-refractivity contribution in [1.82, 2.24) is 10.6 Å². The topological polar surface area (TPSA) is 24.1 Å².